The zero-order chi connectivity index (χ0) is 69.2. The summed E-state index contributed by atoms with van der Waals surface area (Å²) in [5.41, 5.74) is 0. The van der Waals surface area contributed by atoms with E-state index < -0.39 is 135 Å². The first-order chi connectivity index (χ1) is 44.9. The van der Waals surface area contributed by atoms with Crippen LogP contribution in [0.4, 0.5) is 4.79 Å². The molecule has 1 aromatic heterocycles. The number of rotatable bonds is 51. The summed E-state index contributed by atoms with van der Waals surface area (Å²) in [4.78, 5) is 183. The Morgan fingerprint density at radius 2 is 1.05 bits per heavy atom. The Hall–Kier alpha value is -7.07. The molecule has 2 fully saturated rings. The van der Waals surface area contributed by atoms with E-state index in [1.54, 1.807) is 11.8 Å². The molecule has 12 N–H and O–H groups in total. The Balaban J connectivity index is 1.64. The molecule has 4 unspecified atom stereocenters. The van der Waals surface area contributed by atoms with Gasteiger partial charge in [0.05, 0.1) is 51.2 Å². The molecular weight excluding hydrogens is 1340 g/mol. The summed E-state index contributed by atoms with van der Waals surface area (Å²) < 4.78 is 3.49. The number of ketones is 2. The molecule has 1 aromatic rings. The zero-order valence-electron chi connectivity index (χ0n) is 54.3. The summed E-state index contributed by atoms with van der Waals surface area (Å²) in [5, 5.41) is 65.9. The summed E-state index contributed by atoms with van der Waals surface area (Å²) in [6.07, 6.45) is 10.2. The second-order valence-electron chi connectivity index (χ2n) is 24.1. The smallest absolute Gasteiger partial charge is 0.481 e. The maximum absolute atomic E-state index is 14.4. The standard InChI is InChI=1S/C63H101N11O19Te/c1-2-52(77)68-49(19-8-10-26-64-53(78)23-21-46-17-14-36-94-46)62(92)66-29-25-48(69-61(91)45(37-44-15-5-3-6-16-44)38-55(80)74-30-11-4-12-31-74)50(75)20-13-28-67-63(93)70-47(51(76)22-24-56(81)82)18-7-9-27-65-54(79)39-72(41-58(85)86)34-32-71(40-57(83)84)33-35-73(42-59(87)88)43-60(89)90/h14,17,36,44-45,47-49H,2-13,15-16,18-35,37-43H2,1H3,(H,64,78)(H,65,79)(H,66,92)(H,68,77)(H,69,91)(H,81,82)(H,83,84)(H,85,86)(H,87,88)(H,89,90)(H2,67,70,93). The van der Waals surface area contributed by atoms with E-state index in [9.17, 15) is 82.4 Å². The molecule has 1 aliphatic heterocycles. The minimum absolute atomic E-state index is 0.0201. The molecule has 4 atom stereocenters. The van der Waals surface area contributed by atoms with Gasteiger partial charge in [-0.05, 0) is 63.7 Å². The average Bonchev–Trinajstić information content (AvgIpc) is 1.78. The molecule has 31 heteroatoms. The van der Waals surface area contributed by atoms with Gasteiger partial charge in [0.1, 0.15) is 0 Å². The van der Waals surface area contributed by atoms with Crippen LogP contribution < -0.4 is 37.2 Å². The summed E-state index contributed by atoms with van der Waals surface area (Å²) in [5.74, 6) is -9.95. The number of amides is 8. The van der Waals surface area contributed by atoms with Crippen molar-refractivity contribution in [3.63, 3.8) is 0 Å². The molecule has 1 aliphatic carbocycles. The minimum Gasteiger partial charge on any atom is -0.481 e. The number of hydrogen-bond acceptors (Lipinski definition) is 17. The van der Waals surface area contributed by atoms with Crippen LogP contribution in [-0.4, -0.2) is 265 Å². The van der Waals surface area contributed by atoms with Crippen LogP contribution in [0, 0.1) is 11.8 Å². The first-order valence-electron chi connectivity index (χ1n) is 33.0. The number of carbonyl (C=O) groups excluding carboxylic acids is 9. The minimum atomic E-state index is -1.30. The number of carboxylic acids is 5. The number of urea groups is 1. The first kappa shape index (κ1) is 81.2. The molecule has 30 nitrogen and oxygen atoms in total. The number of Topliss-reactive ketones (excluding diaryl/α,β-unsaturated/α-hetero) is 2. The van der Waals surface area contributed by atoms with Crippen LogP contribution in [0.1, 0.15) is 158 Å². The van der Waals surface area contributed by atoms with Crippen molar-refractivity contribution in [2.75, 3.05) is 98.2 Å². The number of unbranched alkanes of at least 4 members (excludes halogenated alkanes) is 2. The van der Waals surface area contributed by atoms with Crippen LogP contribution in [0.15, 0.2) is 16.2 Å². The fraction of sp³-hybridized carbons (Fsp3) is 0.714. The van der Waals surface area contributed by atoms with Gasteiger partial charge in [-0.15, -0.1) is 0 Å². The normalized spacial score (nSPS) is 14.6. The van der Waals surface area contributed by atoms with Gasteiger partial charge >= 0.3 is 164 Å². The number of carboxylic acid groups (broad SMARTS) is 5. The van der Waals surface area contributed by atoms with Crippen molar-refractivity contribution >= 4 is 103 Å². The van der Waals surface area contributed by atoms with Gasteiger partial charge in [0, 0.05) is 90.5 Å². The SMILES string of the molecule is CCC(=O)NC(CCCCNC(=O)CCc1ccc[te]1)C(=O)NCCC(NC(=O)C(CC(=O)N1CCCCC1)CC1CCCCC1)C(=O)CCCNC(=O)NC(CCCCNC(=O)CN(CCN(CCN(CC(=O)O)CC(=O)O)CC(=O)O)CC(=O)O)C(=O)CCC(=O)O. The summed E-state index contributed by atoms with van der Waals surface area (Å²) >= 11 is -0.317. The number of piperidine rings is 1. The van der Waals surface area contributed by atoms with E-state index in [0.717, 1.165) is 62.7 Å². The fourth-order valence-corrected chi connectivity index (χ4v) is 13.3. The molecule has 0 radical (unpaired) electrons. The third kappa shape index (κ3) is 37.1. The van der Waals surface area contributed by atoms with Gasteiger partial charge in [-0.1, -0.05) is 39.0 Å². The second-order valence-corrected chi connectivity index (χ2v) is 27.1. The Bertz CT molecular complexity index is 2590. The number of nitrogens with one attached hydrogen (secondary N) is 7. The molecular formula is C63H101N11O19Te. The van der Waals surface area contributed by atoms with E-state index in [1.807, 2.05) is 6.07 Å². The average molecular weight is 1440 g/mol. The fourth-order valence-electron chi connectivity index (χ4n) is 11.3. The van der Waals surface area contributed by atoms with Crippen molar-refractivity contribution in [3.05, 3.63) is 19.8 Å². The molecule has 3 rings (SSSR count). The van der Waals surface area contributed by atoms with Crippen molar-refractivity contribution in [3.8, 4) is 0 Å². The van der Waals surface area contributed by atoms with Crippen LogP contribution in [0.5, 0.6) is 0 Å². The Kier molecular flexibility index (Phi) is 40.5. The van der Waals surface area contributed by atoms with Crippen LogP contribution >= 0.6 is 0 Å². The molecule has 2 aliphatic rings. The van der Waals surface area contributed by atoms with Gasteiger partial charge in [0.2, 0.25) is 17.7 Å². The molecule has 1 saturated carbocycles. The van der Waals surface area contributed by atoms with Crippen LogP contribution in [0.3, 0.4) is 0 Å². The number of carbonyl (C=O) groups is 14. The predicted molar refractivity (Wildman–Crippen MR) is 343 cm³/mol. The topological polar surface area (TPSA) is 437 Å². The quantitative estimate of drug-likeness (QED) is 0.0317. The Morgan fingerprint density at radius 1 is 0.511 bits per heavy atom. The third-order valence-corrected chi connectivity index (χ3v) is 19.0. The molecule has 0 spiro atoms. The van der Waals surface area contributed by atoms with Crippen molar-refractivity contribution in [2.45, 2.75) is 179 Å². The van der Waals surface area contributed by atoms with Gasteiger partial charge in [0.25, 0.3) is 0 Å². The van der Waals surface area contributed by atoms with E-state index in [1.165, 1.54) is 13.4 Å². The van der Waals surface area contributed by atoms with Crippen molar-refractivity contribution < 1.29 is 92.7 Å². The molecule has 528 valence electrons. The van der Waals surface area contributed by atoms with Gasteiger partial charge in [0.15, 0.2) is 11.6 Å². The monoisotopic (exact) mass is 1450 g/mol. The number of aryl methyl sites for hydroxylation is 1. The van der Waals surface area contributed by atoms with Crippen LogP contribution in [-0.2, 0) is 68.7 Å². The van der Waals surface area contributed by atoms with Gasteiger partial charge in [-0.2, -0.15) is 0 Å². The molecule has 94 heavy (non-hydrogen) atoms. The van der Waals surface area contributed by atoms with E-state index in [4.69, 9.17) is 10.2 Å². The molecule has 0 aromatic carbocycles. The van der Waals surface area contributed by atoms with Crippen molar-refractivity contribution in [1.82, 2.24) is 56.8 Å². The zero-order valence-corrected chi connectivity index (χ0v) is 56.7. The van der Waals surface area contributed by atoms with Crippen molar-refractivity contribution in [2.24, 2.45) is 11.8 Å². The Morgan fingerprint density at radius 3 is 1.64 bits per heavy atom. The molecule has 8 amide bonds. The first-order valence-corrected chi connectivity index (χ1v) is 35.5. The van der Waals surface area contributed by atoms with E-state index in [2.05, 4.69) is 47.4 Å². The van der Waals surface area contributed by atoms with E-state index in [0.29, 0.717) is 45.3 Å². The molecule has 2 heterocycles. The van der Waals surface area contributed by atoms with Crippen LogP contribution in [0.2, 0.25) is 0 Å². The number of likely N-dealkylation sites (tertiary alicyclic amines) is 1. The van der Waals surface area contributed by atoms with Gasteiger partial charge in [-0.3, -0.25) is 67.4 Å². The maximum atomic E-state index is 14.4. The summed E-state index contributed by atoms with van der Waals surface area (Å²) in [6.45, 7) is -0.115. The Labute approximate surface area is 559 Å². The summed E-state index contributed by atoms with van der Waals surface area (Å²) in [7, 11) is 0. The van der Waals surface area contributed by atoms with Gasteiger partial charge < -0.3 is 51.7 Å². The van der Waals surface area contributed by atoms with E-state index in [-0.39, 0.29) is 148 Å². The van der Waals surface area contributed by atoms with Crippen LogP contribution in [0.25, 0.3) is 0 Å². The number of nitrogens with zero attached hydrogens (tertiary/aromatic N) is 4. The summed E-state index contributed by atoms with van der Waals surface area (Å²) in [6, 6.07) is 0.0835. The molecule has 0 bridgehead atoms. The van der Waals surface area contributed by atoms with Gasteiger partial charge in [-0.25, -0.2) is 4.79 Å². The predicted octanol–water partition coefficient (Wildman–Crippen LogP) is 0.820. The second kappa shape index (κ2) is 46.9. The third-order valence-electron chi connectivity index (χ3n) is 16.3. The van der Waals surface area contributed by atoms with E-state index >= 15 is 0 Å². The molecule has 1 saturated heterocycles. The number of hydrogen-bond donors (Lipinski definition) is 12. The van der Waals surface area contributed by atoms with Crippen molar-refractivity contribution in [1.29, 1.82) is 0 Å². The number of aliphatic carboxylic acids is 5.